The first kappa shape index (κ1) is 19.3. The third kappa shape index (κ3) is 5.23. The highest BCUT2D eigenvalue weighted by Gasteiger charge is 2.38. The molecule has 0 bridgehead atoms. The molecule has 5 nitrogen and oxygen atoms in total. The standard InChI is InChI=1S/C18H17F3N2O3/c1-2-26-14-9-7-12(8-10-14)16(24)23-15-6-4-3-5-13(15)11-22-17(25)18(19,20)21/h3-10H,2,11H2,1H3,(H,22,25)(H,23,24). The summed E-state index contributed by atoms with van der Waals surface area (Å²) in [5, 5.41) is 4.41. The first-order chi connectivity index (χ1) is 12.3. The monoisotopic (exact) mass is 366 g/mol. The second-order valence-electron chi connectivity index (χ2n) is 5.25. The lowest BCUT2D eigenvalue weighted by Crippen LogP contribution is -2.36. The van der Waals surface area contributed by atoms with Crippen LogP contribution in [0.5, 0.6) is 5.75 Å². The highest BCUT2D eigenvalue weighted by atomic mass is 19.4. The van der Waals surface area contributed by atoms with Gasteiger partial charge in [-0.3, -0.25) is 9.59 Å². The molecule has 0 aromatic heterocycles. The molecule has 0 aliphatic carbocycles. The Morgan fingerprint density at radius 3 is 2.31 bits per heavy atom. The Morgan fingerprint density at radius 2 is 1.69 bits per heavy atom. The minimum absolute atomic E-state index is 0.314. The second kappa shape index (κ2) is 8.37. The maximum Gasteiger partial charge on any atom is 0.471 e. The van der Waals surface area contributed by atoms with Crippen molar-refractivity contribution in [2.45, 2.75) is 19.6 Å². The van der Waals surface area contributed by atoms with Crippen LogP contribution in [0.15, 0.2) is 48.5 Å². The average molecular weight is 366 g/mol. The molecule has 2 amide bonds. The minimum Gasteiger partial charge on any atom is -0.494 e. The number of para-hydroxylation sites is 1. The van der Waals surface area contributed by atoms with Gasteiger partial charge in [0.15, 0.2) is 0 Å². The van der Waals surface area contributed by atoms with E-state index in [-0.39, 0.29) is 6.54 Å². The Balaban J connectivity index is 2.07. The Bertz CT molecular complexity index is 774. The van der Waals surface area contributed by atoms with Crippen LogP contribution in [-0.4, -0.2) is 24.6 Å². The van der Waals surface area contributed by atoms with Crippen molar-refractivity contribution in [2.75, 3.05) is 11.9 Å². The lowest BCUT2D eigenvalue weighted by Gasteiger charge is -2.13. The van der Waals surface area contributed by atoms with E-state index in [2.05, 4.69) is 5.32 Å². The summed E-state index contributed by atoms with van der Waals surface area (Å²) in [6.07, 6.45) is -4.96. The summed E-state index contributed by atoms with van der Waals surface area (Å²) in [5.41, 5.74) is 1.03. The van der Waals surface area contributed by atoms with Crippen LogP contribution in [0.2, 0.25) is 0 Å². The van der Waals surface area contributed by atoms with E-state index in [1.807, 2.05) is 6.92 Å². The Hall–Kier alpha value is -3.03. The zero-order valence-corrected chi connectivity index (χ0v) is 13.9. The van der Waals surface area contributed by atoms with Crippen LogP contribution in [0.3, 0.4) is 0 Å². The van der Waals surface area contributed by atoms with E-state index >= 15 is 0 Å². The van der Waals surface area contributed by atoms with Gasteiger partial charge in [-0.15, -0.1) is 0 Å². The fourth-order valence-electron chi connectivity index (χ4n) is 2.14. The molecule has 0 atom stereocenters. The van der Waals surface area contributed by atoms with Gasteiger partial charge in [0.05, 0.1) is 6.61 Å². The number of hydrogen-bond acceptors (Lipinski definition) is 3. The van der Waals surface area contributed by atoms with Crippen molar-refractivity contribution in [1.29, 1.82) is 0 Å². The van der Waals surface area contributed by atoms with Crippen LogP contribution in [0, 0.1) is 0 Å². The minimum atomic E-state index is -4.96. The van der Waals surface area contributed by atoms with Crippen molar-refractivity contribution >= 4 is 17.5 Å². The molecule has 0 aliphatic rings. The topological polar surface area (TPSA) is 67.4 Å². The molecule has 0 unspecified atom stereocenters. The van der Waals surface area contributed by atoms with E-state index in [1.165, 1.54) is 6.07 Å². The summed E-state index contributed by atoms with van der Waals surface area (Å²) in [7, 11) is 0. The fraction of sp³-hybridized carbons (Fsp3) is 0.222. The maximum absolute atomic E-state index is 12.3. The summed E-state index contributed by atoms with van der Waals surface area (Å²) >= 11 is 0. The number of carbonyl (C=O) groups excluding carboxylic acids is 2. The number of anilines is 1. The number of benzene rings is 2. The molecular weight excluding hydrogens is 349 g/mol. The molecule has 0 saturated heterocycles. The number of amides is 2. The zero-order chi connectivity index (χ0) is 19.2. The third-order valence-electron chi connectivity index (χ3n) is 3.39. The molecule has 2 aromatic carbocycles. The normalized spacial score (nSPS) is 10.9. The van der Waals surface area contributed by atoms with E-state index in [1.54, 1.807) is 47.8 Å². The molecule has 2 aromatic rings. The largest absolute Gasteiger partial charge is 0.494 e. The molecule has 2 rings (SSSR count). The van der Waals surface area contributed by atoms with Crippen molar-refractivity contribution in [3.8, 4) is 5.75 Å². The van der Waals surface area contributed by atoms with Crippen molar-refractivity contribution in [3.63, 3.8) is 0 Å². The number of halogens is 3. The number of nitrogens with one attached hydrogen (secondary N) is 2. The number of hydrogen-bond donors (Lipinski definition) is 2. The zero-order valence-electron chi connectivity index (χ0n) is 13.9. The van der Waals surface area contributed by atoms with Crippen LogP contribution in [-0.2, 0) is 11.3 Å². The van der Waals surface area contributed by atoms with E-state index in [9.17, 15) is 22.8 Å². The molecule has 8 heteroatoms. The van der Waals surface area contributed by atoms with Gasteiger partial charge in [-0.1, -0.05) is 18.2 Å². The van der Waals surface area contributed by atoms with Crippen molar-refractivity contribution in [1.82, 2.24) is 5.32 Å². The average Bonchev–Trinajstić information content (AvgIpc) is 2.60. The molecular formula is C18H17F3N2O3. The van der Waals surface area contributed by atoms with Gasteiger partial charge in [0.1, 0.15) is 5.75 Å². The summed E-state index contributed by atoms with van der Waals surface area (Å²) in [5.74, 6) is -1.84. The summed E-state index contributed by atoms with van der Waals surface area (Å²) in [4.78, 5) is 23.3. The van der Waals surface area contributed by atoms with E-state index in [0.29, 0.717) is 29.2 Å². The van der Waals surface area contributed by atoms with Crippen LogP contribution in [0.4, 0.5) is 18.9 Å². The van der Waals surface area contributed by atoms with Gasteiger partial charge in [0.25, 0.3) is 5.91 Å². The van der Waals surface area contributed by atoms with Crippen LogP contribution in [0.1, 0.15) is 22.8 Å². The van der Waals surface area contributed by atoms with E-state index in [4.69, 9.17) is 4.74 Å². The van der Waals surface area contributed by atoms with Crippen LogP contribution in [0.25, 0.3) is 0 Å². The van der Waals surface area contributed by atoms with Gasteiger partial charge in [0, 0.05) is 17.8 Å². The lowest BCUT2D eigenvalue weighted by molar-refractivity contribution is -0.173. The smallest absolute Gasteiger partial charge is 0.471 e. The number of alkyl halides is 3. The first-order valence-electron chi connectivity index (χ1n) is 7.78. The molecule has 0 fully saturated rings. The van der Waals surface area contributed by atoms with E-state index < -0.39 is 18.0 Å². The third-order valence-corrected chi connectivity index (χ3v) is 3.39. The predicted molar refractivity (Wildman–Crippen MR) is 89.9 cm³/mol. The maximum atomic E-state index is 12.3. The molecule has 0 aliphatic heterocycles. The molecule has 138 valence electrons. The molecule has 0 spiro atoms. The van der Waals surface area contributed by atoms with Crippen LogP contribution >= 0.6 is 0 Å². The van der Waals surface area contributed by atoms with Crippen molar-refractivity contribution in [2.24, 2.45) is 0 Å². The quantitative estimate of drug-likeness (QED) is 0.822. The predicted octanol–water partition coefficient (Wildman–Crippen LogP) is 3.52. The fourth-order valence-corrected chi connectivity index (χ4v) is 2.14. The van der Waals surface area contributed by atoms with Gasteiger partial charge in [-0.05, 0) is 42.8 Å². The highest BCUT2D eigenvalue weighted by molar-refractivity contribution is 6.04. The van der Waals surface area contributed by atoms with Gasteiger partial charge < -0.3 is 15.4 Å². The first-order valence-corrected chi connectivity index (χ1v) is 7.78. The Kier molecular flexibility index (Phi) is 6.21. The molecule has 26 heavy (non-hydrogen) atoms. The SMILES string of the molecule is CCOc1ccc(C(=O)Nc2ccccc2CNC(=O)C(F)(F)F)cc1. The number of ether oxygens (including phenoxy) is 1. The van der Waals surface area contributed by atoms with Gasteiger partial charge in [0.2, 0.25) is 0 Å². The highest BCUT2D eigenvalue weighted by Crippen LogP contribution is 2.19. The van der Waals surface area contributed by atoms with Crippen LogP contribution < -0.4 is 15.4 Å². The Morgan fingerprint density at radius 1 is 1.04 bits per heavy atom. The molecule has 2 N–H and O–H groups in total. The number of rotatable bonds is 6. The van der Waals surface area contributed by atoms with Gasteiger partial charge >= 0.3 is 12.1 Å². The summed E-state index contributed by atoms with van der Waals surface area (Å²) in [6, 6.07) is 12.7. The summed E-state index contributed by atoms with van der Waals surface area (Å²) in [6.45, 7) is 1.98. The number of carbonyl (C=O) groups is 2. The van der Waals surface area contributed by atoms with Gasteiger partial charge in [-0.2, -0.15) is 13.2 Å². The Labute approximate surface area is 148 Å². The lowest BCUT2D eigenvalue weighted by atomic mass is 10.1. The van der Waals surface area contributed by atoms with Gasteiger partial charge in [-0.25, -0.2) is 0 Å². The van der Waals surface area contributed by atoms with Crippen molar-refractivity contribution in [3.05, 3.63) is 59.7 Å². The summed E-state index contributed by atoms with van der Waals surface area (Å²) < 4.78 is 42.1. The molecule has 0 heterocycles. The second-order valence-corrected chi connectivity index (χ2v) is 5.25. The molecule has 0 radical (unpaired) electrons. The van der Waals surface area contributed by atoms with E-state index in [0.717, 1.165) is 0 Å². The van der Waals surface area contributed by atoms with Crippen molar-refractivity contribution < 1.29 is 27.5 Å². The molecule has 0 saturated carbocycles.